The first-order valence-corrected chi connectivity index (χ1v) is 18.0. The molecule has 1 N–H and O–H groups in total. The van der Waals surface area contributed by atoms with E-state index >= 15 is 0 Å². The number of fused-ring (bicyclic) bond motifs is 1. The highest BCUT2D eigenvalue weighted by Crippen LogP contribution is 2.31. The lowest BCUT2D eigenvalue weighted by atomic mass is 9.92. The summed E-state index contributed by atoms with van der Waals surface area (Å²) in [6, 6.07) is 11.6. The molecule has 0 saturated carbocycles. The minimum Gasteiger partial charge on any atom is -0.444 e. The quantitative estimate of drug-likeness (QED) is 0.388. The van der Waals surface area contributed by atoms with Crippen LogP contribution in [0.4, 0.5) is 9.18 Å². The van der Waals surface area contributed by atoms with Gasteiger partial charge in [-0.05, 0) is 77.1 Å². The van der Waals surface area contributed by atoms with Gasteiger partial charge in [-0.25, -0.2) is 14.3 Å². The molecule has 2 aromatic carbocycles. The number of aromatic amines is 1. The van der Waals surface area contributed by atoms with Crippen LogP contribution in [0.1, 0.15) is 75.0 Å². The number of ether oxygens (including phenoxy) is 2. The lowest BCUT2D eigenvalue weighted by Gasteiger charge is -2.43. The number of H-pyrrole nitrogens is 1. The maximum absolute atomic E-state index is 15.0. The average Bonchev–Trinajstić information content (AvgIpc) is 3.10. The summed E-state index contributed by atoms with van der Waals surface area (Å²) < 4.78 is 27.0. The summed E-state index contributed by atoms with van der Waals surface area (Å²) in [5.74, 6) is -0.988. The molecule has 0 atom stereocenters. The molecule has 12 nitrogen and oxygen atoms in total. The Morgan fingerprint density at radius 2 is 1.55 bits per heavy atom. The molecule has 3 aliphatic heterocycles. The molecule has 4 heterocycles. The van der Waals surface area contributed by atoms with E-state index in [9.17, 15) is 23.6 Å². The molecular formula is C38H49FN6O6. The maximum atomic E-state index is 15.0. The largest absolute Gasteiger partial charge is 0.444 e. The van der Waals surface area contributed by atoms with Crippen LogP contribution in [-0.2, 0) is 20.7 Å². The minimum absolute atomic E-state index is 0.0199. The van der Waals surface area contributed by atoms with Gasteiger partial charge in [0.2, 0.25) is 5.91 Å². The van der Waals surface area contributed by atoms with E-state index in [1.165, 1.54) is 6.07 Å². The number of halogens is 1. The number of amides is 3. The molecule has 0 radical (unpaired) electrons. The molecule has 3 saturated heterocycles. The van der Waals surface area contributed by atoms with Crippen LogP contribution in [-0.4, -0.2) is 124 Å². The van der Waals surface area contributed by atoms with Gasteiger partial charge in [0.1, 0.15) is 11.4 Å². The number of likely N-dealkylation sites (tertiary alicyclic amines) is 2. The van der Waals surface area contributed by atoms with Crippen molar-refractivity contribution in [2.75, 3.05) is 58.9 Å². The third-order valence-corrected chi connectivity index (χ3v) is 10.1. The molecule has 0 spiro atoms. The fraction of sp³-hybridized carbons (Fsp3) is 0.553. The summed E-state index contributed by atoms with van der Waals surface area (Å²) >= 11 is 0. The summed E-state index contributed by atoms with van der Waals surface area (Å²) in [4.78, 5) is 58.6. The number of aromatic nitrogens is 2. The van der Waals surface area contributed by atoms with Gasteiger partial charge >= 0.3 is 6.09 Å². The van der Waals surface area contributed by atoms with E-state index in [0.29, 0.717) is 74.3 Å². The number of carbonyl (C=O) groups excluding carboxylic acids is 3. The number of nitrogens with one attached hydrogen (secondary N) is 1. The Kier molecular flexibility index (Phi) is 10.8. The predicted molar refractivity (Wildman–Crippen MR) is 190 cm³/mol. The van der Waals surface area contributed by atoms with Crippen LogP contribution < -0.4 is 5.56 Å². The fourth-order valence-corrected chi connectivity index (χ4v) is 7.16. The van der Waals surface area contributed by atoms with Crippen molar-refractivity contribution in [1.29, 1.82) is 0 Å². The first kappa shape index (κ1) is 36.4. The van der Waals surface area contributed by atoms with Crippen LogP contribution in [0, 0.1) is 5.82 Å². The Labute approximate surface area is 297 Å². The van der Waals surface area contributed by atoms with Gasteiger partial charge in [-0.1, -0.05) is 24.3 Å². The Balaban J connectivity index is 0.946. The number of hydrogen-bond donors (Lipinski definition) is 1. The maximum Gasteiger partial charge on any atom is 0.410 e. The summed E-state index contributed by atoms with van der Waals surface area (Å²) in [5, 5.41) is 7.96. The summed E-state index contributed by atoms with van der Waals surface area (Å²) in [7, 11) is 0. The van der Waals surface area contributed by atoms with Crippen molar-refractivity contribution in [3.63, 3.8) is 0 Å². The molecule has 13 heteroatoms. The predicted octanol–water partition coefficient (Wildman–Crippen LogP) is 4.21. The van der Waals surface area contributed by atoms with Crippen LogP contribution in [0.5, 0.6) is 0 Å². The number of benzene rings is 2. The first-order valence-electron chi connectivity index (χ1n) is 18.0. The van der Waals surface area contributed by atoms with E-state index in [2.05, 4.69) is 22.0 Å². The summed E-state index contributed by atoms with van der Waals surface area (Å²) in [5.41, 5.74) is 0.217. The average molecular weight is 705 g/mol. The molecule has 3 amide bonds. The molecule has 3 aromatic rings. The zero-order valence-electron chi connectivity index (χ0n) is 30.1. The van der Waals surface area contributed by atoms with Gasteiger partial charge in [0.25, 0.3) is 11.5 Å². The van der Waals surface area contributed by atoms with E-state index in [4.69, 9.17) is 9.47 Å². The van der Waals surface area contributed by atoms with Crippen LogP contribution >= 0.6 is 0 Å². The van der Waals surface area contributed by atoms with E-state index in [1.807, 2.05) is 32.9 Å². The van der Waals surface area contributed by atoms with E-state index in [0.717, 1.165) is 38.8 Å². The Bertz CT molecular complexity index is 1800. The van der Waals surface area contributed by atoms with Gasteiger partial charge in [0, 0.05) is 64.2 Å². The third-order valence-electron chi connectivity index (χ3n) is 10.1. The SMILES string of the molecule is CC(C)(C)OC(=O)N1CCC(C)(OC2CCN(CC(=O)N3CCN(C(=O)c4cc(Cc5n[nH]c(=O)c6ccccc56)ccc4F)CC3)CC2)CC1. The smallest absolute Gasteiger partial charge is 0.410 e. The third kappa shape index (κ3) is 8.93. The zero-order chi connectivity index (χ0) is 36.3. The molecule has 6 rings (SSSR count). The second kappa shape index (κ2) is 15.1. The van der Waals surface area contributed by atoms with Gasteiger partial charge < -0.3 is 24.2 Å². The minimum atomic E-state index is -0.603. The van der Waals surface area contributed by atoms with Crippen LogP contribution in [0.2, 0.25) is 0 Å². The Hall–Kier alpha value is -4.36. The van der Waals surface area contributed by atoms with Gasteiger partial charge in [0.05, 0.1) is 34.9 Å². The van der Waals surface area contributed by atoms with Gasteiger partial charge in [-0.3, -0.25) is 19.3 Å². The van der Waals surface area contributed by atoms with Crippen LogP contribution in [0.3, 0.4) is 0 Å². The van der Waals surface area contributed by atoms with E-state index in [-0.39, 0.29) is 34.8 Å². The highest BCUT2D eigenvalue weighted by Gasteiger charge is 2.37. The monoisotopic (exact) mass is 704 g/mol. The van der Waals surface area contributed by atoms with Crippen molar-refractivity contribution in [1.82, 2.24) is 29.8 Å². The number of rotatable bonds is 7. The second-order valence-electron chi connectivity index (χ2n) is 15.2. The molecular weight excluding hydrogens is 655 g/mol. The summed E-state index contributed by atoms with van der Waals surface area (Å²) in [6.07, 6.45) is 3.32. The van der Waals surface area contributed by atoms with Gasteiger partial charge in [-0.2, -0.15) is 5.10 Å². The zero-order valence-corrected chi connectivity index (χ0v) is 30.1. The summed E-state index contributed by atoms with van der Waals surface area (Å²) in [6.45, 7) is 12.2. The van der Waals surface area contributed by atoms with Crippen LogP contribution in [0.15, 0.2) is 47.3 Å². The molecule has 3 fully saturated rings. The lowest BCUT2D eigenvalue weighted by Crippen LogP contribution is -2.53. The van der Waals surface area contributed by atoms with E-state index < -0.39 is 17.3 Å². The molecule has 1 aromatic heterocycles. The standard InChI is InChI=1S/C38H49FN6O6/c1-37(2,3)51-36(49)45-17-13-38(4,14-18-45)50-27-11-15-42(16-12-27)25-33(46)43-19-21-44(22-20-43)35(48)30-23-26(9-10-31(30)39)24-32-28-7-5-6-8-29(28)34(47)41-40-32/h5-10,23,27H,11-22,24-25H2,1-4H3,(H,41,47). The molecule has 0 aliphatic carbocycles. The number of nitrogens with zero attached hydrogens (tertiary/aromatic N) is 5. The van der Waals surface area contributed by atoms with Crippen molar-refractivity contribution in [2.45, 2.75) is 77.1 Å². The Morgan fingerprint density at radius 3 is 2.22 bits per heavy atom. The Morgan fingerprint density at radius 1 is 0.902 bits per heavy atom. The number of carbonyl (C=O) groups is 3. The molecule has 3 aliphatic rings. The lowest BCUT2D eigenvalue weighted by molar-refractivity contribution is -0.138. The van der Waals surface area contributed by atoms with E-state index in [1.54, 1.807) is 39.0 Å². The van der Waals surface area contributed by atoms with Crippen molar-refractivity contribution < 1.29 is 28.2 Å². The highest BCUT2D eigenvalue weighted by molar-refractivity contribution is 5.95. The number of piperazine rings is 1. The topological polar surface area (TPSA) is 128 Å². The van der Waals surface area contributed by atoms with Crippen LogP contribution in [0.25, 0.3) is 10.8 Å². The van der Waals surface area contributed by atoms with Crippen molar-refractivity contribution in [2.24, 2.45) is 0 Å². The molecule has 0 unspecified atom stereocenters. The normalized spacial score (nSPS) is 19.0. The van der Waals surface area contributed by atoms with Crippen molar-refractivity contribution in [3.8, 4) is 0 Å². The second-order valence-corrected chi connectivity index (χ2v) is 15.2. The number of piperidine rings is 2. The molecule has 274 valence electrons. The fourth-order valence-electron chi connectivity index (χ4n) is 7.16. The highest BCUT2D eigenvalue weighted by atomic mass is 19.1. The van der Waals surface area contributed by atoms with Gasteiger partial charge in [-0.15, -0.1) is 0 Å². The van der Waals surface area contributed by atoms with Crippen molar-refractivity contribution in [3.05, 3.63) is 75.5 Å². The van der Waals surface area contributed by atoms with Gasteiger partial charge in [0.15, 0.2) is 0 Å². The molecule has 0 bridgehead atoms. The molecule has 51 heavy (non-hydrogen) atoms. The number of hydrogen-bond acceptors (Lipinski definition) is 8. The van der Waals surface area contributed by atoms with Crippen molar-refractivity contribution >= 4 is 28.7 Å². The first-order chi connectivity index (χ1) is 24.3.